The summed E-state index contributed by atoms with van der Waals surface area (Å²) in [6, 6.07) is 9.35. The van der Waals surface area contributed by atoms with Crippen LogP contribution < -0.4 is 15.4 Å². The fourth-order valence-corrected chi connectivity index (χ4v) is 2.92. The van der Waals surface area contributed by atoms with Crippen LogP contribution in [0.25, 0.3) is 0 Å². The molecule has 1 aromatic heterocycles. The van der Waals surface area contributed by atoms with Crippen LogP contribution >= 0.6 is 15.9 Å². The molecule has 6 nitrogen and oxygen atoms in total. The van der Waals surface area contributed by atoms with Crippen molar-refractivity contribution < 1.29 is 9.53 Å². The van der Waals surface area contributed by atoms with Crippen LogP contribution in [0.1, 0.15) is 17.5 Å². The SMILES string of the molecule is COc1ccc2c(c1)C(CCNC(=O)Nc1ccc(Br)cn1)=NCC2. The molecule has 0 unspecified atom stereocenters. The number of urea groups is 1. The Bertz CT molecular complexity index is 790. The highest BCUT2D eigenvalue weighted by atomic mass is 79.9. The Labute approximate surface area is 154 Å². The van der Waals surface area contributed by atoms with Crippen molar-refractivity contribution in [2.75, 3.05) is 25.5 Å². The van der Waals surface area contributed by atoms with Gasteiger partial charge in [0, 0.05) is 41.5 Å². The molecule has 2 N–H and O–H groups in total. The number of carbonyl (C=O) groups is 1. The van der Waals surface area contributed by atoms with Crippen molar-refractivity contribution in [3.63, 3.8) is 0 Å². The molecule has 0 aliphatic carbocycles. The van der Waals surface area contributed by atoms with Crippen LogP contribution in [0.5, 0.6) is 5.75 Å². The maximum atomic E-state index is 12.0. The molecule has 2 heterocycles. The third kappa shape index (κ3) is 4.57. The molecular formula is C18H19BrN4O2. The molecule has 25 heavy (non-hydrogen) atoms. The Morgan fingerprint density at radius 2 is 2.20 bits per heavy atom. The molecule has 2 aromatic rings. The van der Waals surface area contributed by atoms with Crippen molar-refractivity contribution in [2.45, 2.75) is 12.8 Å². The lowest BCUT2D eigenvalue weighted by atomic mass is 9.95. The van der Waals surface area contributed by atoms with Gasteiger partial charge in [0.1, 0.15) is 11.6 Å². The lowest BCUT2D eigenvalue weighted by molar-refractivity contribution is 0.252. The van der Waals surface area contributed by atoms with E-state index in [0.29, 0.717) is 18.8 Å². The average molecular weight is 403 g/mol. The van der Waals surface area contributed by atoms with E-state index >= 15 is 0 Å². The number of methoxy groups -OCH3 is 1. The number of hydrogen-bond acceptors (Lipinski definition) is 4. The van der Waals surface area contributed by atoms with Crippen molar-refractivity contribution in [3.05, 3.63) is 52.1 Å². The number of halogens is 1. The van der Waals surface area contributed by atoms with E-state index in [-0.39, 0.29) is 6.03 Å². The summed E-state index contributed by atoms with van der Waals surface area (Å²) in [5.74, 6) is 1.33. The van der Waals surface area contributed by atoms with Gasteiger partial charge in [0.15, 0.2) is 0 Å². The molecule has 0 saturated carbocycles. The summed E-state index contributed by atoms with van der Waals surface area (Å²) in [6.07, 6.45) is 3.24. The first-order valence-electron chi connectivity index (χ1n) is 8.03. The van der Waals surface area contributed by atoms with Gasteiger partial charge >= 0.3 is 6.03 Å². The van der Waals surface area contributed by atoms with Gasteiger partial charge in [-0.2, -0.15) is 0 Å². The van der Waals surface area contributed by atoms with Crippen LogP contribution in [0.4, 0.5) is 10.6 Å². The fraction of sp³-hybridized carbons (Fsp3) is 0.278. The zero-order valence-corrected chi connectivity index (χ0v) is 15.5. The van der Waals surface area contributed by atoms with Gasteiger partial charge < -0.3 is 10.1 Å². The minimum atomic E-state index is -0.280. The highest BCUT2D eigenvalue weighted by molar-refractivity contribution is 9.10. The summed E-state index contributed by atoms with van der Waals surface area (Å²) < 4.78 is 6.16. The number of rotatable bonds is 5. The van der Waals surface area contributed by atoms with E-state index in [1.165, 1.54) is 5.56 Å². The number of anilines is 1. The first-order chi connectivity index (χ1) is 12.2. The Kier molecular flexibility index (Phi) is 5.65. The topological polar surface area (TPSA) is 75.6 Å². The van der Waals surface area contributed by atoms with E-state index in [1.54, 1.807) is 19.4 Å². The Morgan fingerprint density at radius 1 is 1.32 bits per heavy atom. The third-order valence-electron chi connectivity index (χ3n) is 3.93. The molecule has 0 atom stereocenters. The maximum Gasteiger partial charge on any atom is 0.320 e. The molecule has 1 aliphatic heterocycles. The lowest BCUT2D eigenvalue weighted by Crippen LogP contribution is -2.31. The van der Waals surface area contributed by atoms with Crippen molar-refractivity contribution in [1.82, 2.24) is 10.3 Å². The molecule has 2 amide bonds. The van der Waals surface area contributed by atoms with Crippen LogP contribution in [-0.4, -0.2) is 36.9 Å². The zero-order valence-electron chi connectivity index (χ0n) is 13.9. The number of ether oxygens (including phenoxy) is 1. The first-order valence-corrected chi connectivity index (χ1v) is 8.82. The van der Waals surface area contributed by atoms with E-state index in [2.05, 4.69) is 42.6 Å². The number of benzene rings is 1. The van der Waals surface area contributed by atoms with Gasteiger partial charge in [0.25, 0.3) is 0 Å². The van der Waals surface area contributed by atoms with Crippen LogP contribution in [0, 0.1) is 0 Å². The quantitative estimate of drug-likeness (QED) is 0.804. The number of hydrogen-bond donors (Lipinski definition) is 2. The number of fused-ring (bicyclic) bond motifs is 1. The van der Waals surface area contributed by atoms with E-state index in [0.717, 1.165) is 34.5 Å². The maximum absolute atomic E-state index is 12.0. The van der Waals surface area contributed by atoms with Gasteiger partial charge in [-0.15, -0.1) is 0 Å². The van der Waals surface area contributed by atoms with Crippen LogP contribution in [0.2, 0.25) is 0 Å². The number of nitrogens with zero attached hydrogens (tertiary/aromatic N) is 2. The smallest absolute Gasteiger partial charge is 0.320 e. The van der Waals surface area contributed by atoms with Crippen LogP contribution in [0.15, 0.2) is 46.0 Å². The monoisotopic (exact) mass is 402 g/mol. The number of nitrogens with one attached hydrogen (secondary N) is 2. The molecule has 3 rings (SSSR count). The lowest BCUT2D eigenvalue weighted by Gasteiger charge is -2.18. The molecule has 1 aromatic carbocycles. The predicted molar refractivity (Wildman–Crippen MR) is 102 cm³/mol. The van der Waals surface area contributed by atoms with E-state index in [1.807, 2.05) is 18.2 Å². The minimum Gasteiger partial charge on any atom is -0.497 e. The van der Waals surface area contributed by atoms with Crippen molar-refractivity contribution in [3.8, 4) is 5.75 Å². The molecule has 1 aliphatic rings. The van der Waals surface area contributed by atoms with E-state index in [9.17, 15) is 4.79 Å². The second kappa shape index (κ2) is 8.11. The third-order valence-corrected chi connectivity index (χ3v) is 4.40. The van der Waals surface area contributed by atoms with E-state index in [4.69, 9.17) is 4.74 Å². The number of aliphatic imine (C=N–C) groups is 1. The van der Waals surface area contributed by atoms with Crippen molar-refractivity contribution in [2.24, 2.45) is 4.99 Å². The number of carbonyl (C=O) groups excluding carboxylic acids is 1. The Morgan fingerprint density at radius 3 is 2.96 bits per heavy atom. The van der Waals surface area contributed by atoms with Crippen LogP contribution in [-0.2, 0) is 6.42 Å². The predicted octanol–water partition coefficient (Wildman–Crippen LogP) is 3.41. The summed E-state index contributed by atoms with van der Waals surface area (Å²) in [7, 11) is 1.66. The number of aromatic nitrogens is 1. The molecule has 0 saturated heterocycles. The highest BCUT2D eigenvalue weighted by Crippen LogP contribution is 2.23. The summed E-state index contributed by atoms with van der Waals surface area (Å²) in [4.78, 5) is 20.7. The standard InChI is InChI=1S/C18H19BrN4O2/c1-25-14-4-2-12-6-8-20-16(15(12)10-14)7-9-21-18(24)23-17-5-3-13(19)11-22-17/h2-5,10-11H,6-9H2,1H3,(H2,21,22,23,24). The average Bonchev–Trinajstić information content (AvgIpc) is 2.63. The number of amides is 2. The zero-order chi connectivity index (χ0) is 17.6. The molecule has 0 radical (unpaired) electrons. The second-order valence-electron chi connectivity index (χ2n) is 5.59. The second-order valence-corrected chi connectivity index (χ2v) is 6.51. The van der Waals surface area contributed by atoms with Gasteiger partial charge in [-0.05, 0) is 52.2 Å². The normalized spacial score (nSPS) is 12.8. The Balaban J connectivity index is 1.55. The first kappa shape index (κ1) is 17.4. The molecule has 0 spiro atoms. The van der Waals surface area contributed by atoms with Gasteiger partial charge in [-0.3, -0.25) is 10.3 Å². The molecule has 0 fully saturated rings. The van der Waals surface area contributed by atoms with Crippen molar-refractivity contribution >= 4 is 33.5 Å². The van der Waals surface area contributed by atoms with Gasteiger partial charge in [0.05, 0.1) is 7.11 Å². The molecule has 0 bridgehead atoms. The van der Waals surface area contributed by atoms with Crippen LogP contribution in [0.3, 0.4) is 0 Å². The molecular weight excluding hydrogens is 384 g/mol. The largest absolute Gasteiger partial charge is 0.497 e. The van der Waals surface area contributed by atoms with Gasteiger partial charge in [-0.25, -0.2) is 9.78 Å². The van der Waals surface area contributed by atoms with E-state index < -0.39 is 0 Å². The highest BCUT2D eigenvalue weighted by Gasteiger charge is 2.15. The molecule has 7 heteroatoms. The number of pyridine rings is 1. The van der Waals surface area contributed by atoms with Gasteiger partial charge in [-0.1, -0.05) is 6.07 Å². The van der Waals surface area contributed by atoms with Crippen molar-refractivity contribution in [1.29, 1.82) is 0 Å². The summed E-state index contributed by atoms with van der Waals surface area (Å²) >= 11 is 3.31. The Hall–Kier alpha value is -2.41. The molecule has 130 valence electrons. The fourth-order valence-electron chi connectivity index (χ4n) is 2.68. The van der Waals surface area contributed by atoms with Gasteiger partial charge in [0.2, 0.25) is 0 Å². The summed E-state index contributed by atoms with van der Waals surface area (Å²) in [6.45, 7) is 1.28. The summed E-state index contributed by atoms with van der Waals surface area (Å²) in [5, 5.41) is 5.54. The summed E-state index contributed by atoms with van der Waals surface area (Å²) in [5.41, 5.74) is 3.39. The minimum absolute atomic E-state index is 0.280.